The van der Waals surface area contributed by atoms with Crippen molar-refractivity contribution >= 4 is 28.1 Å². The summed E-state index contributed by atoms with van der Waals surface area (Å²) in [6.45, 7) is 7.78. The smallest absolute Gasteiger partial charge is 0.173 e. The number of thiophene rings is 1. The number of aliphatic hydroxyl groups is 1. The molecule has 2 aromatic heterocycles. The quantitative estimate of drug-likeness (QED) is 0.290. The molecule has 190 valence electrons. The highest BCUT2D eigenvalue weighted by atomic mass is 32.1. The van der Waals surface area contributed by atoms with Crippen LogP contribution in [0.4, 0.5) is 5.82 Å². The molecule has 8 heteroatoms. The number of hydrogen-bond donors (Lipinski definition) is 2. The molecule has 36 heavy (non-hydrogen) atoms. The second-order valence-electron chi connectivity index (χ2n) is 8.96. The number of aromatic nitrogens is 2. The number of rotatable bonds is 10. The number of likely N-dealkylation sites (N-methyl/N-ethyl adjacent to an activating group) is 1. The topological polar surface area (TPSA) is 79.7 Å². The largest absolute Gasteiger partial charge is 0.493 e. The summed E-state index contributed by atoms with van der Waals surface area (Å²) in [5.41, 5.74) is 4.53. The van der Waals surface area contributed by atoms with E-state index in [2.05, 4.69) is 59.4 Å². The Morgan fingerprint density at radius 2 is 1.86 bits per heavy atom. The Kier molecular flexibility index (Phi) is 8.08. The third-order valence-electron chi connectivity index (χ3n) is 6.22. The average molecular weight is 507 g/mol. The lowest BCUT2D eigenvalue weighted by atomic mass is 10.0. The van der Waals surface area contributed by atoms with E-state index < -0.39 is 0 Å². The van der Waals surface area contributed by atoms with Crippen LogP contribution < -0.4 is 14.8 Å². The van der Waals surface area contributed by atoms with E-state index in [4.69, 9.17) is 14.5 Å². The molecule has 0 aliphatic rings. The van der Waals surface area contributed by atoms with Crippen LogP contribution in [0, 0.1) is 13.8 Å². The van der Waals surface area contributed by atoms with Crippen LogP contribution in [-0.2, 0) is 6.54 Å². The summed E-state index contributed by atoms with van der Waals surface area (Å²) in [5, 5.41) is 13.7. The first kappa shape index (κ1) is 25.9. The van der Waals surface area contributed by atoms with Crippen molar-refractivity contribution in [2.24, 2.45) is 0 Å². The number of ether oxygens (including phenoxy) is 2. The molecular formula is C28H34N4O3S. The Morgan fingerprint density at radius 3 is 2.58 bits per heavy atom. The number of methoxy groups -OCH3 is 2. The van der Waals surface area contributed by atoms with E-state index in [1.165, 1.54) is 26.4 Å². The molecule has 2 aromatic carbocycles. The van der Waals surface area contributed by atoms with Gasteiger partial charge in [0.15, 0.2) is 11.5 Å². The van der Waals surface area contributed by atoms with Gasteiger partial charge in [-0.05, 0) is 62.7 Å². The van der Waals surface area contributed by atoms with Crippen molar-refractivity contribution in [1.82, 2.24) is 14.9 Å². The Labute approximate surface area is 216 Å². The van der Waals surface area contributed by atoms with Crippen LogP contribution in [0.2, 0.25) is 0 Å². The van der Waals surface area contributed by atoms with Crippen LogP contribution in [-0.4, -0.2) is 54.4 Å². The van der Waals surface area contributed by atoms with Crippen molar-refractivity contribution in [2.45, 2.75) is 33.4 Å². The molecule has 2 heterocycles. The van der Waals surface area contributed by atoms with Gasteiger partial charge in [0.05, 0.1) is 37.8 Å². The maximum atomic E-state index is 9.31. The van der Waals surface area contributed by atoms with Gasteiger partial charge in [-0.3, -0.25) is 4.90 Å². The zero-order chi connectivity index (χ0) is 25.8. The minimum atomic E-state index is 0.0140. The van der Waals surface area contributed by atoms with E-state index in [1.807, 2.05) is 26.1 Å². The van der Waals surface area contributed by atoms with Crippen LogP contribution in [0.15, 0.2) is 42.5 Å². The fourth-order valence-corrected chi connectivity index (χ4v) is 5.68. The molecule has 0 saturated heterocycles. The lowest BCUT2D eigenvalue weighted by molar-refractivity contribution is 0.217. The average Bonchev–Trinajstić information content (AvgIpc) is 3.25. The molecule has 1 atom stereocenters. The second-order valence-corrected chi connectivity index (χ2v) is 10.0. The van der Waals surface area contributed by atoms with Crippen LogP contribution in [0.5, 0.6) is 11.5 Å². The van der Waals surface area contributed by atoms with E-state index in [0.717, 1.165) is 23.3 Å². The lowest BCUT2D eigenvalue weighted by Gasteiger charge is -2.18. The third-order valence-corrected chi connectivity index (χ3v) is 7.67. The summed E-state index contributed by atoms with van der Waals surface area (Å²) in [4.78, 5) is 13.9. The molecule has 0 bridgehead atoms. The van der Waals surface area contributed by atoms with Gasteiger partial charge in [0.25, 0.3) is 0 Å². The second kappa shape index (κ2) is 11.2. The van der Waals surface area contributed by atoms with Gasteiger partial charge < -0.3 is 19.9 Å². The third kappa shape index (κ3) is 5.31. The summed E-state index contributed by atoms with van der Waals surface area (Å²) in [6.07, 6.45) is 0. The number of nitrogens with zero attached hydrogens (tertiary/aromatic N) is 3. The molecule has 4 rings (SSSR count). The minimum absolute atomic E-state index is 0.0140. The summed E-state index contributed by atoms with van der Waals surface area (Å²) in [5.74, 6) is 2.67. The van der Waals surface area contributed by atoms with E-state index in [1.54, 1.807) is 25.6 Å². The molecule has 0 fully saturated rings. The van der Waals surface area contributed by atoms with Crippen molar-refractivity contribution in [3.05, 3.63) is 64.3 Å². The van der Waals surface area contributed by atoms with Crippen molar-refractivity contribution in [1.29, 1.82) is 0 Å². The molecule has 0 saturated carbocycles. The van der Waals surface area contributed by atoms with Crippen molar-refractivity contribution < 1.29 is 14.6 Å². The van der Waals surface area contributed by atoms with Gasteiger partial charge in [0, 0.05) is 22.8 Å². The van der Waals surface area contributed by atoms with E-state index in [-0.39, 0.29) is 12.6 Å². The summed E-state index contributed by atoms with van der Waals surface area (Å²) in [7, 11) is 5.29. The minimum Gasteiger partial charge on any atom is -0.493 e. The van der Waals surface area contributed by atoms with Crippen LogP contribution in [0.1, 0.15) is 34.8 Å². The van der Waals surface area contributed by atoms with Gasteiger partial charge in [-0.1, -0.05) is 24.3 Å². The first-order chi connectivity index (χ1) is 17.4. The van der Waals surface area contributed by atoms with Crippen molar-refractivity contribution in [3.63, 3.8) is 0 Å². The van der Waals surface area contributed by atoms with E-state index in [0.29, 0.717) is 23.9 Å². The van der Waals surface area contributed by atoms with Gasteiger partial charge in [-0.2, -0.15) is 0 Å². The lowest BCUT2D eigenvalue weighted by Crippen LogP contribution is -2.21. The maximum Gasteiger partial charge on any atom is 0.173 e. The number of aryl methyl sites for hydroxylation is 2. The highest BCUT2D eigenvalue weighted by Crippen LogP contribution is 2.41. The van der Waals surface area contributed by atoms with Gasteiger partial charge in [0.1, 0.15) is 11.6 Å². The highest BCUT2D eigenvalue weighted by molar-refractivity contribution is 7.15. The fraction of sp³-hybridized carbons (Fsp3) is 0.357. The molecule has 2 N–H and O–H groups in total. The van der Waals surface area contributed by atoms with Gasteiger partial charge in [0.2, 0.25) is 0 Å². The molecular weight excluding hydrogens is 472 g/mol. The van der Waals surface area contributed by atoms with Gasteiger partial charge in [-0.15, -0.1) is 11.3 Å². The SMILES string of the molecule is COc1ccc2nc(C)nc(NC(C)c3cc(C)c(-c4ccccc4CN(C)CCO)s3)c2c1OC. The molecule has 0 amide bonds. The molecule has 4 aromatic rings. The Balaban J connectivity index is 1.69. The highest BCUT2D eigenvalue weighted by Gasteiger charge is 2.20. The molecule has 7 nitrogen and oxygen atoms in total. The van der Waals surface area contributed by atoms with Crippen molar-refractivity contribution in [2.75, 3.05) is 39.7 Å². The predicted octanol–water partition coefficient (Wildman–Crippen LogP) is 5.59. The number of fused-ring (bicyclic) bond motifs is 1. The zero-order valence-corrected chi connectivity index (χ0v) is 22.6. The molecule has 0 aliphatic heterocycles. The normalized spacial score (nSPS) is 12.2. The van der Waals surface area contributed by atoms with Gasteiger partial charge >= 0.3 is 0 Å². The summed E-state index contributed by atoms with van der Waals surface area (Å²) in [6, 6.07) is 14.6. The zero-order valence-electron chi connectivity index (χ0n) is 21.8. The Bertz CT molecular complexity index is 1350. The standard InChI is InChI=1S/C28H34N4O3S/c1-17-15-24(36-27(17)21-10-8-7-9-20(21)16-32(4)13-14-33)18(2)29-28-25-22(30-19(3)31-28)11-12-23(34-5)26(25)35-6/h7-12,15,18,33H,13-14,16H2,1-6H3,(H,29,30,31). The monoisotopic (exact) mass is 506 g/mol. The number of nitrogens with one attached hydrogen (secondary N) is 1. The van der Waals surface area contributed by atoms with Crippen LogP contribution in [0.3, 0.4) is 0 Å². The Morgan fingerprint density at radius 1 is 1.08 bits per heavy atom. The van der Waals surface area contributed by atoms with E-state index in [9.17, 15) is 5.11 Å². The van der Waals surface area contributed by atoms with Crippen molar-refractivity contribution in [3.8, 4) is 21.9 Å². The van der Waals surface area contributed by atoms with Gasteiger partial charge in [-0.25, -0.2) is 9.97 Å². The van der Waals surface area contributed by atoms with E-state index >= 15 is 0 Å². The first-order valence-electron chi connectivity index (χ1n) is 12.0. The first-order valence-corrected chi connectivity index (χ1v) is 12.8. The molecule has 0 radical (unpaired) electrons. The summed E-state index contributed by atoms with van der Waals surface area (Å²) >= 11 is 1.79. The molecule has 1 unspecified atom stereocenters. The molecule has 0 aliphatic carbocycles. The number of anilines is 1. The fourth-order valence-electron chi connectivity index (χ4n) is 4.44. The number of benzene rings is 2. The summed E-state index contributed by atoms with van der Waals surface area (Å²) < 4.78 is 11.2. The Hall–Kier alpha value is -3.20. The molecule has 0 spiro atoms. The number of aliphatic hydroxyl groups excluding tert-OH is 1. The predicted molar refractivity (Wildman–Crippen MR) is 147 cm³/mol. The number of hydrogen-bond acceptors (Lipinski definition) is 8. The maximum absolute atomic E-state index is 9.31. The van der Waals surface area contributed by atoms with Crippen LogP contribution >= 0.6 is 11.3 Å². The van der Waals surface area contributed by atoms with Crippen LogP contribution in [0.25, 0.3) is 21.3 Å².